The van der Waals surface area contributed by atoms with E-state index in [1.54, 1.807) is 4.90 Å². The first kappa shape index (κ1) is 11.8. The average molecular weight is 242 g/mol. The topological polar surface area (TPSA) is 130 Å². The fraction of sp³-hybridized carbons (Fsp3) is 0.625. The summed E-state index contributed by atoms with van der Waals surface area (Å²) in [5.74, 6) is 5.67. The lowest BCUT2D eigenvalue weighted by Crippen LogP contribution is -2.25. The molecule has 0 aliphatic carbocycles. The van der Waals surface area contributed by atoms with Crippen LogP contribution in [0.25, 0.3) is 0 Å². The number of ether oxygens (including phenoxy) is 1. The highest BCUT2D eigenvalue weighted by Crippen LogP contribution is 2.19. The van der Waals surface area contributed by atoms with E-state index in [1.165, 1.54) is 7.11 Å². The van der Waals surface area contributed by atoms with Gasteiger partial charge in [0, 0.05) is 13.1 Å². The fourth-order valence-electron chi connectivity index (χ4n) is 1.58. The Balaban J connectivity index is 2.26. The van der Waals surface area contributed by atoms with Gasteiger partial charge < -0.3 is 19.8 Å². The van der Waals surface area contributed by atoms with Crippen molar-refractivity contribution >= 4 is 11.9 Å². The maximum absolute atomic E-state index is 9.45. The van der Waals surface area contributed by atoms with Gasteiger partial charge in [0.25, 0.3) is 0 Å². The molecular formula is C8H14N6O3. The standard InChI is InChI=1S/C8H14N6O3/c1-17-8-11-6(13-9)10-7(12-8)14-2-4(15)5(16)3-14/h4-5,15-16H,2-3,9H2,1H3,(H,10,11,12,13). The number of methoxy groups -OCH3 is 1. The SMILES string of the molecule is COc1nc(NN)nc(N2CC(O)C(O)C2)n1. The van der Waals surface area contributed by atoms with E-state index >= 15 is 0 Å². The van der Waals surface area contributed by atoms with Gasteiger partial charge in [-0.2, -0.15) is 15.0 Å². The minimum atomic E-state index is -0.813. The molecule has 2 heterocycles. The fourth-order valence-corrected chi connectivity index (χ4v) is 1.58. The van der Waals surface area contributed by atoms with Crippen molar-refractivity contribution in [2.24, 2.45) is 5.84 Å². The number of β-amino-alcohol motifs (C(OH)–C–C–N with tert-alkyl or cyclic N) is 2. The van der Waals surface area contributed by atoms with Crippen molar-refractivity contribution < 1.29 is 14.9 Å². The van der Waals surface area contributed by atoms with Crippen LogP contribution in [0.15, 0.2) is 0 Å². The summed E-state index contributed by atoms with van der Waals surface area (Å²) in [6, 6.07) is 0.110. The molecule has 17 heavy (non-hydrogen) atoms. The van der Waals surface area contributed by atoms with Gasteiger partial charge in [0.15, 0.2) is 0 Å². The van der Waals surface area contributed by atoms with Crippen LogP contribution in [0.1, 0.15) is 0 Å². The number of anilines is 2. The second-order valence-electron chi connectivity index (χ2n) is 3.63. The first-order valence-corrected chi connectivity index (χ1v) is 5.01. The summed E-state index contributed by atoms with van der Waals surface area (Å²) in [5, 5.41) is 18.9. The Morgan fingerprint density at radius 2 is 1.94 bits per heavy atom. The molecule has 0 radical (unpaired) electrons. The van der Waals surface area contributed by atoms with Crippen LogP contribution in [0.3, 0.4) is 0 Å². The predicted molar refractivity (Wildman–Crippen MR) is 58.4 cm³/mol. The molecule has 2 rings (SSSR count). The van der Waals surface area contributed by atoms with Gasteiger partial charge in [0.1, 0.15) is 0 Å². The van der Waals surface area contributed by atoms with Crippen LogP contribution in [0, 0.1) is 0 Å². The van der Waals surface area contributed by atoms with Crippen LogP contribution in [0.2, 0.25) is 0 Å². The van der Waals surface area contributed by atoms with Crippen molar-refractivity contribution in [2.45, 2.75) is 12.2 Å². The molecule has 1 fully saturated rings. The van der Waals surface area contributed by atoms with E-state index in [2.05, 4.69) is 20.4 Å². The predicted octanol–water partition coefficient (Wildman–Crippen LogP) is -2.29. The molecular weight excluding hydrogens is 228 g/mol. The highest BCUT2D eigenvalue weighted by molar-refractivity contribution is 5.39. The maximum atomic E-state index is 9.45. The van der Waals surface area contributed by atoms with Crippen LogP contribution in [-0.2, 0) is 0 Å². The first-order valence-electron chi connectivity index (χ1n) is 5.01. The van der Waals surface area contributed by atoms with Crippen molar-refractivity contribution in [1.29, 1.82) is 0 Å². The largest absolute Gasteiger partial charge is 0.467 e. The number of nitrogens with zero attached hydrogens (tertiary/aromatic N) is 4. The minimum absolute atomic E-state index is 0.110. The van der Waals surface area contributed by atoms with Crippen molar-refractivity contribution in [3.63, 3.8) is 0 Å². The Kier molecular flexibility index (Phi) is 3.22. The summed E-state index contributed by atoms with van der Waals surface area (Å²) in [4.78, 5) is 13.5. The molecule has 2 unspecified atom stereocenters. The lowest BCUT2D eigenvalue weighted by molar-refractivity contribution is 0.0572. The molecule has 9 nitrogen and oxygen atoms in total. The molecule has 1 aromatic rings. The number of nitrogens with one attached hydrogen (secondary N) is 1. The Bertz CT molecular complexity index is 371. The molecule has 1 aliphatic heterocycles. The number of hydrogen-bond acceptors (Lipinski definition) is 9. The summed E-state index contributed by atoms with van der Waals surface area (Å²) in [7, 11) is 1.42. The number of aliphatic hydroxyl groups excluding tert-OH is 2. The zero-order valence-corrected chi connectivity index (χ0v) is 9.24. The number of rotatable bonds is 3. The van der Waals surface area contributed by atoms with E-state index in [1.807, 2.05) is 0 Å². The Hall–Kier alpha value is -1.71. The van der Waals surface area contributed by atoms with Crippen LogP contribution >= 0.6 is 0 Å². The zero-order valence-electron chi connectivity index (χ0n) is 9.24. The van der Waals surface area contributed by atoms with Gasteiger partial charge in [0.2, 0.25) is 11.9 Å². The van der Waals surface area contributed by atoms with Gasteiger partial charge in [-0.05, 0) is 0 Å². The van der Waals surface area contributed by atoms with Crippen molar-refractivity contribution in [1.82, 2.24) is 15.0 Å². The van der Waals surface area contributed by atoms with E-state index in [-0.39, 0.29) is 25.0 Å². The van der Waals surface area contributed by atoms with E-state index in [0.29, 0.717) is 5.95 Å². The van der Waals surface area contributed by atoms with E-state index in [4.69, 9.17) is 10.6 Å². The van der Waals surface area contributed by atoms with Crippen molar-refractivity contribution in [2.75, 3.05) is 30.5 Å². The maximum Gasteiger partial charge on any atom is 0.322 e. The van der Waals surface area contributed by atoms with Gasteiger partial charge in [-0.25, -0.2) is 5.84 Å². The molecule has 94 valence electrons. The lowest BCUT2D eigenvalue weighted by atomic mass is 10.3. The summed E-state index contributed by atoms with van der Waals surface area (Å²) in [6.07, 6.45) is -1.63. The number of aromatic nitrogens is 3. The van der Waals surface area contributed by atoms with Gasteiger partial charge in [0.05, 0.1) is 19.3 Å². The van der Waals surface area contributed by atoms with E-state index < -0.39 is 12.2 Å². The van der Waals surface area contributed by atoms with Gasteiger partial charge in [-0.15, -0.1) is 0 Å². The molecule has 0 amide bonds. The number of aliphatic hydroxyl groups is 2. The Morgan fingerprint density at radius 3 is 2.47 bits per heavy atom. The summed E-state index contributed by atoms with van der Waals surface area (Å²) in [6.45, 7) is 0.497. The molecule has 0 spiro atoms. The number of nitrogens with two attached hydrogens (primary N) is 1. The van der Waals surface area contributed by atoms with Gasteiger partial charge in [-0.3, -0.25) is 5.43 Å². The third-order valence-electron chi connectivity index (χ3n) is 2.46. The van der Waals surface area contributed by atoms with Gasteiger partial charge >= 0.3 is 6.01 Å². The average Bonchev–Trinajstić information content (AvgIpc) is 2.69. The van der Waals surface area contributed by atoms with Crippen molar-refractivity contribution in [3.05, 3.63) is 0 Å². The molecule has 1 aromatic heterocycles. The molecule has 9 heteroatoms. The molecule has 0 bridgehead atoms. The lowest BCUT2D eigenvalue weighted by Gasteiger charge is -2.15. The smallest absolute Gasteiger partial charge is 0.322 e. The van der Waals surface area contributed by atoms with Gasteiger partial charge in [-0.1, -0.05) is 0 Å². The number of hydrogen-bond donors (Lipinski definition) is 4. The van der Waals surface area contributed by atoms with E-state index in [0.717, 1.165) is 0 Å². The van der Waals surface area contributed by atoms with Crippen molar-refractivity contribution in [3.8, 4) is 6.01 Å². The first-order chi connectivity index (χ1) is 8.13. The third-order valence-corrected chi connectivity index (χ3v) is 2.46. The number of hydrazine groups is 1. The third kappa shape index (κ3) is 2.35. The molecule has 0 saturated carbocycles. The number of nitrogen functional groups attached to an aromatic ring is 1. The highest BCUT2D eigenvalue weighted by Gasteiger charge is 2.31. The molecule has 0 aromatic carbocycles. The van der Waals surface area contributed by atoms with Crippen LogP contribution in [-0.4, -0.2) is 57.6 Å². The summed E-state index contributed by atoms with van der Waals surface area (Å²) in [5.41, 5.74) is 2.29. The monoisotopic (exact) mass is 242 g/mol. The summed E-state index contributed by atoms with van der Waals surface area (Å²) >= 11 is 0. The molecule has 2 atom stereocenters. The molecule has 1 saturated heterocycles. The molecule has 1 aliphatic rings. The van der Waals surface area contributed by atoms with Crippen LogP contribution < -0.4 is 20.9 Å². The highest BCUT2D eigenvalue weighted by atomic mass is 16.5. The Labute approximate surface area is 97.2 Å². The second kappa shape index (κ2) is 4.65. The van der Waals surface area contributed by atoms with Crippen LogP contribution in [0.5, 0.6) is 6.01 Å². The summed E-state index contributed by atoms with van der Waals surface area (Å²) < 4.78 is 4.90. The Morgan fingerprint density at radius 1 is 1.29 bits per heavy atom. The van der Waals surface area contributed by atoms with E-state index in [9.17, 15) is 10.2 Å². The second-order valence-corrected chi connectivity index (χ2v) is 3.63. The quantitative estimate of drug-likeness (QED) is 0.341. The molecule has 5 N–H and O–H groups in total. The zero-order chi connectivity index (χ0) is 12.4. The van der Waals surface area contributed by atoms with Crippen LogP contribution in [0.4, 0.5) is 11.9 Å². The minimum Gasteiger partial charge on any atom is -0.467 e. The normalized spacial score (nSPS) is 23.9.